The van der Waals surface area contributed by atoms with Gasteiger partial charge in [0.2, 0.25) is 0 Å². The van der Waals surface area contributed by atoms with Crippen LogP contribution in [0.15, 0.2) is 11.1 Å². The second-order valence-electron chi connectivity index (χ2n) is 11.0. The van der Waals surface area contributed by atoms with E-state index in [0.717, 1.165) is 32.1 Å². The van der Waals surface area contributed by atoms with Crippen LogP contribution in [0.25, 0.3) is 0 Å². The number of hydrogen-bond donors (Lipinski definition) is 0. The molecule has 7 atom stereocenters. The van der Waals surface area contributed by atoms with Crippen LogP contribution in [-0.2, 0) is 28.5 Å². The fourth-order valence-corrected chi connectivity index (χ4v) is 7.26. The highest BCUT2D eigenvalue weighted by molar-refractivity contribution is 5.67. The van der Waals surface area contributed by atoms with Gasteiger partial charge in [0.25, 0.3) is 0 Å². The molecule has 0 radical (unpaired) electrons. The van der Waals surface area contributed by atoms with E-state index in [1.807, 2.05) is 0 Å². The van der Waals surface area contributed by atoms with Crippen molar-refractivity contribution in [2.75, 3.05) is 13.7 Å². The number of esters is 2. The predicted octanol–water partition coefficient (Wildman–Crippen LogP) is 4.21. The lowest BCUT2D eigenvalue weighted by molar-refractivity contribution is -0.232. The Morgan fingerprint density at radius 1 is 1.16 bits per heavy atom. The molecule has 2 bridgehead atoms. The van der Waals surface area contributed by atoms with Crippen molar-refractivity contribution in [2.24, 2.45) is 23.2 Å². The number of carbonyl (C=O) groups excluding carboxylic acids is 2. The van der Waals surface area contributed by atoms with Crippen LogP contribution >= 0.6 is 0 Å². The lowest BCUT2D eigenvalue weighted by Gasteiger charge is -2.55. The fraction of sp³-hybridized carbons (Fsp3) is 0.840. The highest BCUT2D eigenvalue weighted by Gasteiger charge is 2.69. The Bertz CT molecular complexity index is 800. The molecule has 31 heavy (non-hydrogen) atoms. The zero-order valence-electron chi connectivity index (χ0n) is 20.1. The number of hydrogen-bond acceptors (Lipinski definition) is 6. The van der Waals surface area contributed by atoms with E-state index in [0.29, 0.717) is 12.5 Å². The summed E-state index contributed by atoms with van der Waals surface area (Å²) in [6, 6.07) is 0. The topological polar surface area (TPSA) is 71.1 Å². The predicted molar refractivity (Wildman–Crippen MR) is 115 cm³/mol. The second-order valence-corrected chi connectivity index (χ2v) is 11.0. The van der Waals surface area contributed by atoms with E-state index in [1.165, 1.54) is 25.0 Å². The summed E-state index contributed by atoms with van der Waals surface area (Å²) in [6.45, 7) is 12.2. The Hall–Kier alpha value is -1.40. The van der Waals surface area contributed by atoms with E-state index in [9.17, 15) is 9.59 Å². The summed E-state index contributed by atoms with van der Waals surface area (Å²) in [5.74, 6) is -0.171. The van der Waals surface area contributed by atoms with Gasteiger partial charge in [0.05, 0.1) is 29.1 Å². The number of rotatable bonds is 4. The number of fused-ring (bicyclic) bond motifs is 2. The van der Waals surface area contributed by atoms with Crippen LogP contribution in [0, 0.1) is 23.2 Å². The van der Waals surface area contributed by atoms with Gasteiger partial charge in [-0.3, -0.25) is 9.59 Å². The molecule has 5 aliphatic rings. The summed E-state index contributed by atoms with van der Waals surface area (Å²) in [4.78, 5) is 24.3. The van der Waals surface area contributed by atoms with Crippen molar-refractivity contribution < 1.29 is 28.5 Å². The molecular formula is C25H38O6. The number of carbonyl (C=O) groups is 2. The van der Waals surface area contributed by atoms with Gasteiger partial charge in [-0.1, -0.05) is 18.1 Å². The third-order valence-corrected chi connectivity index (χ3v) is 8.85. The maximum atomic E-state index is 12.3. The third kappa shape index (κ3) is 3.45. The Labute approximate surface area is 186 Å². The maximum Gasteiger partial charge on any atom is 0.302 e. The summed E-state index contributed by atoms with van der Waals surface area (Å²) < 4.78 is 24.6. The number of ether oxygens (including phenoxy) is 4. The molecule has 0 aromatic rings. The monoisotopic (exact) mass is 434 g/mol. The molecule has 6 nitrogen and oxygen atoms in total. The zero-order chi connectivity index (χ0) is 22.8. The molecule has 0 aromatic carbocycles. The van der Waals surface area contributed by atoms with Crippen LogP contribution < -0.4 is 0 Å². The minimum Gasteiger partial charge on any atom is -0.462 e. The van der Waals surface area contributed by atoms with Crippen molar-refractivity contribution in [3.8, 4) is 0 Å². The second kappa shape index (κ2) is 7.58. The van der Waals surface area contributed by atoms with Gasteiger partial charge < -0.3 is 18.9 Å². The van der Waals surface area contributed by atoms with Crippen molar-refractivity contribution in [3.63, 3.8) is 0 Å². The smallest absolute Gasteiger partial charge is 0.302 e. The first-order valence-corrected chi connectivity index (χ1v) is 11.7. The highest BCUT2D eigenvalue weighted by atomic mass is 16.6. The molecule has 2 saturated carbocycles. The van der Waals surface area contributed by atoms with E-state index < -0.39 is 5.60 Å². The molecule has 2 heterocycles. The third-order valence-electron chi connectivity index (χ3n) is 8.85. The van der Waals surface area contributed by atoms with Crippen LogP contribution in [0.5, 0.6) is 0 Å². The first-order chi connectivity index (χ1) is 14.5. The zero-order valence-corrected chi connectivity index (χ0v) is 20.1. The first-order valence-electron chi connectivity index (χ1n) is 11.7. The van der Waals surface area contributed by atoms with Gasteiger partial charge in [-0.05, 0) is 64.7 Å². The van der Waals surface area contributed by atoms with Crippen molar-refractivity contribution in [1.82, 2.24) is 0 Å². The van der Waals surface area contributed by atoms with Gasteiger partial charge in [0.1, 0.15) is 12.2 Å². The lowest BCUT2D eigenvalue weighted by atomic mass is 9.58. The quantitative estimate of drug-likeness (QED) is 0.488. The Morgan fingerprint density at radius 2 is 1.84 bits per heavy atom. The summed E-state index contributed by atoms with van der Waals surface area (Å²) in [7, 11) is 1.78. The standard InChI is InChI=1S/C25H38O6/c1-14-11-25-12-15(2)21(30-16(3)26)20(25)22(31-17(4)27)24(13-29-25)9-8-18(10-19(14)24)23(5,6)28-7/h15,18,20-22H,8-13H2,1-7H3/t15-,18-,20?,21-,22+,24?,25?/m0/s1. The van der Waals surface area contributed by atoms with E-state index >= 15 is 0 Å². The molecule has 5 rings (SSSR count). The molecule has 3 aliphatic carbocycles. The van der Waals surface area contributed by atoms with E-state index in [-0.39, 0.29) is 47.0 Å². The van der Waals surface area contributed by atoms with Gasteiger partial charge in [0.15, 0.2) is 0 Å². The van der Waals surface area contributed by atoms with Gasteiger partial charge >= 0.3 is 11.9 Å². The van der Waals surface area contributed by atoms with Crippen LogP contribution in [0.2, 0.25) is 0 Å². The van der Waals surface area contributed by atoms with E-state index in [2.05, 4.69) is 27.7 Å². The molecule has 1 saturated heterocycles. The van der Waals surface area contributed by atoms with Crippen LogP contribution in [-0.4, -0.2) is 49.1 Å². The molecule has 3 fully saturated rings. The maximum absolute atomic E-state index is 12.3. The molecule has 3 unspecified atom stereocenters. The molecular weight excluding hydrogens is 396 g/mol. The Morgan fingerprint density at radius 3 is 2.45 bits per heavy atom. The minimum atomic E-state index is -0.453. The largest absolute Gasteiger partial charge is 0.462 e. The molecule has 174 valence electrons. The van der Waals surface area contributed by atoms with Gasteiger partial charge in [-0.2, -0.15) is 0 Å². The summed E-state index contributed by atoms with van der Waals surface area (Å²) in [5.41, 5.74) is 1.69. The lowest BCUT2D eigenvalue weighted by Crippen LogP contribution is -2.62. The fourth-order valence-electron chi connectivity index (χ4n) is 7.26. The Kier molecular flexibility index (Phi) is 5.57. The van der Waals surface area contributed by atoms with Crippen molar-refractivity contribution in [2.45, 2.75) is 97.1 Å². The molecule has 2 aliphatic heterocycles. The van der Waals surface area contributed by atoms with Crippen LogP contribution in [0.3, 0.4) is 0 Å². The normalized spacial score (nSPS) is 42.0. The van der Waals surface area contributed by atoms with Crippen molar-refractivity contribution in [3.05, 3.63) is 11.1 Å². The van der Waals surface area contributed by atoms with Gasteiger partial charge in [-0.15, -0.1) is 0 Å². The summed E-state index contributed by atoms with van der Waals surface area (Å²) >= 11 is 0. The Balaban J connectivity index is 1.82. The molecule has 0 N–H and O–H groups in total. The average molecular weight is 435 g/mol. The average Bonchev–Trinajstić information content (AvgIpc) is 2.83. The van der Waals surface area contributed by atoms with E-state index in [1.54, 1.807) is 7.11 Å². The highest BCUT2D eigenvalue weighted by Crippen LogP contribution is 2.64. The van der Waals surface area contributed by atoms with Crippen LogP contribution in [0.4, 0.5) is 0 Å². The molecule has 0 aromatic heterocycles. The summed E-state index contributed by atoms with van der Waals surface area (Å²) in [6.07, 6.45) is 3.74. The van der Waals surface area contributed by atoms with Gasteiger partial charge in [-0.25, -0.2) is 0 Å². The molecule has 6 heteroatoms. The van der Waals surface area contributed by atoms with Crippen LogP contribution in [0.1, 0.15) is 73.6 Å². The van der Waals surface area contributed by atoms with Gasteiger partial charge in [0, 0.05) is 21.0 Å². The molecule has 2 spiro atoms. The minimum absolute atomic E-state index is 0.150. The van der Waals surface area contributed by atoms with Crippen molar-refractivity contribution in [1.29, 1.82) is 0 Å². The SMILES string of the molecule is COC(C)(C)[C@H]1CCC23COC4(CC(C)=C2C1)C[C@H](C)[C@H](OC(C)=O)C4[C@H]3OC(C)=O. The van der Waals surface area contributed by atoms with E-state index in [4.69, 9.17) is 18.9 Å². The molecule has 0 amide bonds. The summed E-state index contributed by atoms with van der Waals surface area (Å²) in [5, 5.41) is 0. The number of methoxy groups -OCH3 is 1. The van der Waals surface area contributed by atoms with Crippen molar-refractivity contribution >= 4 is 11.9 Å². The first kappa shape index (κ1) is 22.8.